The van der Waals surface area contributed by atoms with Gasteiger partial charge in [0.25, 0.3) is 5.91 Å². The van der Waals surface area contributed by atoms with Crippen LogP contribution in [0.3, 0.4) is 0 Å². The summed E-state index contributed by atoms with van der Waals surface area (Å²) in [6.07, 6.45) is 0. The van der Waals surface area contributed by atoms with Crippen molar-refractivity contribution in [2.45, 2.75) is 20.8 Å². The lowest BCUT2D eigenvalue weighted by Gasteiger charge is -2.20. The minimum Gasteiger partial charge on any atom is -0.497 e. The van der Waals surface area contributed by atoms with Crippen LogP contribution in [0.1, 0.15) is 36.7 Å². The summed E-state index contributed by atoms with van der Waals surface area (Å²) < 4.78 is 16.2. The molecular formula is C21H24N2O4. The number of benzene rings is 2. The van der Waals surface area contributed by atoms with Crippen molar-refractivity contribution >= 4 is 17.3 Å². The lowest BCUT2D eigenvalue weighted by Crippen LogP contribution is -2.30. The van der Waals surface area contributed by atoms with Gasteiger partial charge in [-0.15, -0.1) is 0 Å². The summed E-state index contributed by atoms with van der Waals surface area (Å²) in [5.74, 6) is 1.86. The molecule has 0 aromatic heterocycles. The molecule has 2 aromatic rings. The highest BCUT2D eigenvalue weighted by Gasteiger charge is 2.23. The van der Waals surface area contributed by atoms with Crippen molar-refractivity contribution in [2.24, 2.45) is 4.99 Å². The van der Waals surface area contributed by atoms with Crippen LogP contribution in [0, 0.1) is 0 Å². The molecule has 3 rings (SSSR count). The van der Waals surface area contributed by atoms with Crippen molar-refractivity contribution in [3.63, 3.8) is 0 Å². The van der Waals surface area contributed by atoms with Crippen LogP contribution in [0.4, 0.5) is 5.69 Å². The quantitative estimate of drug-likeness (QED) is 0.722. The van der Waals surface area contributed by atoms with E-state index in [1.807, 2.05) is 45.0 Å². The van der Waals surface area contributed by atoms with Gasteiger partial charge in [0, 0.05) is 24.9 Å². The monoisotopic (exact) mass is 368 g/mol. The number of aliphatic imine (C=N–C) groups is 1. The Labute approximate surface area is 159 Å². The van der Waals surface area contributed by atoms with Crippen molar-refractivity contribution < 1.29 is 19.0 Å². The van der Waals surface area contributed by atoms with Crippen LogP contribution in [0.5, 0.6) is 17.2 Å². The smallest absolute Gasteiger partial charge is 0.256 e. The average Bonchev–Trinajstić information content (AvgIpc) is 3.15. The van der Waals surface area contributed by atoms with Crippen LogP contribution in [0.25, 0.3) is 0 Å². The summed E-state index contributed by atoms with van der Waals surface area (Å²) in [4.78, 5) is 19.5. The fraction of sp³-hybridized carbons (Fsp3) is 0.333. The van der Waals surface area contributed by atoms with Gasteiger partial charge in [0.2, 0.25) is 6.79 Å². The molecule has 0 saturated heterocycles. The number of carbonyl (C=O) groups excluding carboxylic acids is 1. The molecule has 27 heavy (non-hydrogen) atoms. The fourth-order valence-electron chi connectivity index (χ4n) is 2.97. The second-order valence-corrected chi connectivity index (χ2v) is 6.13. The van der Waals surface area contributed by atoms with Crippen LogP contribution in [-0.4, -0.2) is 43.5 Å². The molecule has 0 fully saturated rings. The van der Waals surface area contributed by atoms with Crippen molar-refractivity contribution in [3.05, 3.63) is 47.5 Å². The predicted octanol–water partition coefficient (Wildman–Crippen LogP) is 4.05. The Balaban J connectivity index is 2.06. The minimum absolute atomic E-state index is 0.0736. The average molecular weight is 368 g/mol. The predicted molar refractivity (Wildman–Crippen MR) is 105 cm³/mol. The Bertz CT molecular complexity index is 872. The lowest BCUT2D eigenvalue weighted by atomic mass is 10.1. The molecule has 1 aliphatic rings. The number of ether oxygens (including phenoxy) is 3. The zero-order valence-electron chi connectivity index (χ0n) is 16.1. The zero-order valence-corrected chi connectivity index (χ0v) is 16.1. The van der Waals surface area contributed by atoms with Crippen molar-refractivity contribution in [1.82, 2.24) is 4.90 Å². The number of hydrogen-bond acceptors (Lipinski definition) is 5. The SMILES string of the molecule is CCN(CC)C(=O)c1cc2c(cc1N=C(C)c1cccc(OC)c1)OCO2. The van der Waals surface area contributed by atoms with Crippen LogP contribution in [-0.2, 0) is 0 Å². The Kier molecular flexibility index (Phi) is 5.64. The highest BCUT2D eigenvalue weighted by Crippen LogP contribution is 2.39. The van der Waals surface area contributed by atoms with E-state index in [1.165, 1.54) is 0 Å². The van der Waals surface area contributed by atoms with Gasteiger partial charge in [-0.2, -0.15) is 0 Å². The van der Waals surface area contributed by atoms with Crippen LogP contribution >= 0.6 is 0 Å². The molecule has 0 atom stereocenters. The number of methoxy groups -OCH3 is 1. The zero-order chi connectivity index (χ0) is 19.4. The van der Waals surface area contributed by atoms with E-state index in [1.54, 1.807) is 24.1 Å². The van der Waals surface area contributed by atoms with Gasteiger partial charge in [-0.05, 0) is 44.5 Å². The third kappa shape index (κ3) is 3.89. The maximum absolute atomic E-state index is 13.0. The summed E-state index contributed by atoms with van der Waals surface area (Å²) in [5.41, 5.74) is 2.77. The molecule has 0 spiro atoms. The molecular weight excluding hydrogens is 344 g/mol. The topological polar surface area (TPSA) is 60.4 Å². The minimum atomic E-state index is -0.0736. The summed E-state index contributed by atoms with van der Waals surface area (Å²) >= 11 is 0. The summed E-state index contributed by atoms with van der Waals surface area (Å²) in [7, 11) is 1.63. The van der Waals surface area contributed by atoms with Crippen molar-refractivity contribution in [2.75, 3.05) is 27.0 Å². The van der Waals surface area contributed by atoms with Crippen molar-refractivity contribution in [1.29, 1.82) is 0 Å². The van der Waals surface area contributed by atoms with E-state index in [9.17, 15) is 4.79 Å². The Morgan fingerprint density at radius 1 is 1.15 bits per heavy atom. The highest BCUT2D eigenvalue weighted by atomic mass is 16.7. The van der Waals surface area contributed by atoms with E-state index in [0.29, 0.717) is 35.8 Å². The highest BCUT2D eigenvalue weighted by molar-refractivity contribution is 6.04. The van der Waals surface area contributed by atoms with Crippen LogP contribution in [0.15, 0.2) is 41.4 Å². The maximum atomic E-state index is 13.0. The van der Waals surface area contributed by atoms with E-state index in [0.717, 1.165) is 17.0 Å². The summed E-state index contributed by atoms with van der Waals surface area (Å²) in [5, 5.41) is 0. The van der Waals surface area contributed by atoms with Gasteiger partial charge in [0.05, 0.1) is 18.4 Å². The molecule has 2 aromatic carbocycles. The van der Waals surface area contributed by atoms with Crippen molar-refractivity contribution in [3.8, 4) is 17.2 Å². The molecule has 0 N–H and O–H groups in total. The van der Waals surface area contributed by atoms with Gasteiger partial charge in [0.1, 0.15) is 5.75 Å². The summed E-state index contributed by atoms with van der Waals surface area (Å²) in [6.45, 7) is 7.22. The Hall–Kier alpha value is -3.02. The molecule has 6 heteroatoms. The molecule has 142 valence electrons. The Morgan fingerprint density at radius 2 is 1.85 bits per heavy atom. The molecule has 0 saturated carbocycles. The molecule has 0 aliphatic carbocycles. The molecule has 1 aliphatic heterocycles. The second kappa shape index (κ2) is 8.12. The molecule has 0 unspecified atom stereocenters. The van der Waals surface area contributed by atoms with Gasteiger partial charge in [-0.3, -0.25) is 9.79 Å². The maximum Gasteiger partial charge on any atom is 0.256 e. The second-order valence-electron chi connectivity index (χ2n) is 6.13. The van der Waals surface area contributed by atoms with Gasteiger partial charge < -0.3 is 19.1 Å². The third-order valence-electron chi connectivity index (χ3n) is 4.55. The van der Waals surface area contributed by atoms with E-state index < -0.39 is 0 Å². The molecule has 6 nitrogen and oxygen atoms in total. The first-order valence-corrected chi connectivity index (χ1v) is 9.00. The first kappa shape index (κ1) is 18.8. The van der Waals surface area contributed by atoms with Gasteiger partial charge in [-0.25, -0.2) is 0 Å². The van der Waals surface area contributed by atoms with Crippen LogP contribution < -0.4 is 14.2 Å². The number of fused-ring (bicyclic) bond motifs is 1. The van der Waals surface area contributed by atoms with E-state index in [-0.39, 0.29) is 12.7 Å². The van der Waals surface area contributed by atoms with E-state index >= 15 is 0 Å². The Morgan fingerprint density at radius 3 is 2.52 bits per heavy atom. The number of carbonyl (C=O) groups is 1. The van der Waals surface area contributed by atoms with Crippen LogP contribution in [0.2, 0.25) is 0 Å². The number of nitrogens with zero attached hydrogens (tertiary/aromatic N) is 2. The molecule has 0 bridgehead atoms. The lowest BCUT2D eigenvalue weighted by molar-refractivity contribution is 0.0773. The normalized spacial score (nSPS) is 12.8. The number of hydrogen-bond donors (Lipinski definition) is 0. The molecule has 1 heterocycles. The first-order chi connectivity index (χ1) is 13.1. The number of rotatable bonds is 6. The van der Waals surface area contributed by atoms with E-state index in [4.69, 9.17) is 19.2 Å². The van der Waals surface area contributed by atoms with Gasteiger partial charge in [0.15, 0.2) is 11.5 Å². The summed E-state index contributed by atoms with van der Waals surface area (Å²) in [6, 6.07) is 11.2. The third-order valence-corrected chi connectivity index (χ3v) is 4.55. The van der Waals surface area contributed by atoms with Gasteiger partial charge in [-0.1, -0.05) is 12.1 Å². The standard InChI is InChI=1S/C21H24N2O4/c1-5-23(6-2)21(24)17-11-19-20(27-13-26-19)12-18(17)22-14(3)15-8-7-9-16(10-15)25-4/h7-12H,5-6,13H2,1-4H3. The molecule has 0 radical (unpaired) electrons. The van der Waals surface area contributed by atoms with E-state index in [2.05, 4.69) is 0 Å². The molecule has 1 amide bonds. The number of amides is 1. The largest absolute Gasteiger partial charge is 0.497 e. The fourth-order valence-corrected chi connectivity index (χ4v) is 2.97. The first-order valence-electron chi connectivity index (χ1n) is 9.00. The van der Waals surface area contributed by atoms with Gasteiger partial charge >= 0.3 is 0 Å².